The lowest BCUT2D eigenvalue weighted by Gasteiger charge is -2.25. The number of ether oxygens (including phenoxy) is 1. The fourth-order valence-electron chi connectivity index (χ4n) is 3.15. The highest BCUT2D eigenvalue weighted by molar-refractivity contribution is 5.94. The maximum Gasteiger partial charge on any atom is 0.226 e. The lowest BCUT2D eigenvalue weighted by Crippen LogP contribution is -2.24. The van der Waals surface area contributed by atoms with Crippen LogP contribution < -0.4 is 10.1 Å². The van der Waals surface area contributed by atoms with Gasteiger partial charge in [-0.05, 0) is 18.2 Å². The van der Waals surface area contributed by atoms with Gasteiger partial charge in [-0.25, -0.2) is 0 Å². The van der Waals surface area contributed by atoms with Crippen molar-refractivity contribution in [2.45, 2.75) is 18.9 Å². The molecule has 1 unspecified atom stereocenters. The second-order valence-corrected chi connectivity index (χ2v) is 6.02. The number of hydrogen-bond acceptors (Lipinski definition) is 4. The fraction of sp³-hybridized carbons (Fsp3) is 0.211. The Balaban J connectivity index is 1.66. The van der Waals surface area contributed by atoms with E-state index >= 15 is 0 Å². The minimum atomic E-state index is -0.0719. The molecule has 0 saturated carbocycles. The summed E-state index contributed by atoms with van der Waals surface area (Å²) in [5, 5.41) is 7.18. The van der Waals surface area contributed by atoms with Crippen molar-refractivity contribution < 1.29 is 9.53 Å². The first-order valence-corrected chi connectivity index (χ1v) is 8.16. The molecule has 0 saturated heterocycles. The van der Waals surface area contributed by atoms with Crippen LogP contribution >= 0.6 is 0 Å². The Kier molecular flexibility index (Phi) is 3.93. The van der Waals surface area contributed by atoms with E-state index in [9.17, 15) is 4.79 Å². The van der Waals surface area contributed by atoms with E-state index in [1.165, 1.54) is 0 Å². The van der Waals surface area contributed by atoms with E-state index in [0.29, 0.717) is 13.0 Å². The number of pyridine rings is 1. The summed E-state index contributed by atoms with van der Waals surface area (Å²) in [6.07, 6.45) is 3.94. The highest BCUT2D eigenvalue weighted by Crippen LogP contribution is 2.40. The van der Waals surface area contributed by atoms with Crippen molar-refractivity contribution >= 4 is 11.7 Å². The van der Waals surface area contributed by atoms with E-state index in [1.54, 1.807) is 10.9 Å². The minimum Gasteiger partial charge on any atom is -0.487 e. The van der Waals surface area contributed by atoms with Gasteiger partial charge in [0.2, 0.25) is 5.91 Å². The van der Waals surface area contributed by atoms with Gasteiger partial charge >= 0.3 is 0 Å². The van der Waals surface area contributed by atoms with E-state index in [2.05, 4.69) is 15.4 Å². The fourth-order valence-corrected chi connectivity index (χ4v) is 3.15. The molecule has 1 amide bonds. The van der Waals surface area contributed by atoms with E-state index in [1.807, 2.05) is 55.7 Å². The van der Waals surface area contributed by atoms with Crippen LogP contribution in [0.3, 0.4) is 0 Å². The highest BCUT2D eigenvalue weighted by Gasteiger charge is 2.31. The van der Waals surface area contributed by atoms with E-state index < -0.39 is 0 Å². The first-order valence-electron chi connectivity index (χ1n) is 8.16. The summed E-state index contributed by atoms with van der Waals surface area (Å²) in [7, 11) is 1.82. The molecule has 126 valence electrons. The Morgan fingerprint density at radius 1 is 1.20 bits per heavy atom. The molecule has 0 bridgehead atoms. The number of aromatic nitrogens is 3. The van der Waals surface area contributed by atoms with Gasteiger partial charge in [0.05, 0.1) is 11.9 Å². The quantitative estimate of drug-likeness (QED) is 0.796. The molecule has 0 radical (unpaired) electrons. The number of hydrogen-bond donors (Lipinski definition) is 1. The van der Waals surface area contributed by atoms with Crippen molar-refractivity contribution in [3.05, 3.63) is 71.7 Å². The molecule has 0 spiro atoms. The molecule has 1 N–H and O–H groups in total. The second-order valence-electron chi connectivity index (χ2n) is 6.02. The number of nitrogens with one attached hydrogen (secondary N) is 1. The smallest absolute Gasteiger partial charge is 0.226 e. The number of anilines is 1. The van der Waals surface area contributed by atoms with Crippen molar-refractivity contribution in [1.29, 1.82) is 0 Å². The maximum atomic E-state index is 12.1. The summed E-state index contributed by atoms with van der Waals surface area (Å²) in [4.78, 5) is 16.4. The number of benzene rings is 1. The number of fused-ring (bicyclic) bond motifs is 1. The summed E-state index contributed by atoms with van der Waals surface area (Å²) >= 11 is 0. The molecule has 6 heteroatoms. The van der Waals surface area contributed by atoms with E-state index in [4.69, 9.17) is 4.74 Å². The zero-order valence-electron chi connectivity index (χ0n) is 13.8. The number of amides is 1. The van der Waals surface area contributed by atoms with Gasteiger partial charge in [0.25, 0.3) is 0 Å². The van der Waals surface area contributed by atoms with Crippen molar-refractivity contribution in [2.75, 3.05) is 5.32 Å². The summed E-state index contributed by atoms with van der Waals surface area (Å²) in [5.41, 5.74) is 2.86. The number of carbonyl (C=O) groups excluding carboxylic acids is 1. The van der Waals surface area contributed by atoms with Gasteiger partial charge in [-0.1, -0.05) is 24.3 Å². The van der Waals surface area contributed by atoms with Gasteiger partial charge < -0.3 is 10.1 Å². The van der Waals surface area contributed by atoms with Crippen molar-refractivity contribution in [2.24, 2.45) is 7.05 Å². The number of rotatable bonds is 4. The molecule has 1 aliphatic heterocycles. The van der Waals surface area contributed by atoms with Gasteiger partial charge in [-0.3, -0.25) is 14.5 Å². The lowest BCUT2D eigenvalue weighted by atomic mass is 9.87. The van der Waals surface area contributed by atoms with Crippen LogP contribution in [0.4, 0.5) is 5.82 Å². The minimum absolute atomic E-state index is 0.0133. The molecule has 2 aromatic heterocycles. The van der Waals surface area contributed by atoms with Gasteiger partial charge in [0.15, 0.2) is 0 Å². The highest BCUT2D eigenvalue weighted by atomic mass is 16.5. The topological polar surface area (TPSA) is 69.0 Å². The van der Waals surface area contributed by atoms with Crippen molar-refractivity contribution in [3.63, 3.8) is 0 Å². The number of aryl methyl sites for hydroxylation is 1. The van der Waals surface area contributed by atoms with Crippen molar-refractivity contribution in [3.8, 4) is 5.75 Å². The van der Waals surface area contributed by atoms with Crippen LogP contribution in [0.2, 0.25) is 0 Å². The van der Waals surface area contributed by atoms with Crippen LogP contribution in [0.5, 0.6) is 5.75 Å². The Hall–Kier alpha value is -3.15. The largest absolute Gasteiger partial charge is 0.487 e. The molecule has 6 nitrogen and oxygen atoms in total. The normalized spacial score (nSPS) is 16.2. The average Bonchev–Trinajstić information content (AvgIpc) is 3.01. The average molecular weight is 334 g/mol. The number of nitrogens with zero attached hydrogens (tertiary/aromatic N) is 3. The SMILES string of the molecule is Cn1ncc2c1NC(=O)CC2c1ccccc1OCc1ccccn1. The van der Waals surface area contributed by atoms with E-state index in [-0.39, 0.29) is 11.8 Å². The first kappa shape index (κ1) is 15.4. The molecular weight excluding hydrogens is 316 g/mol. The molecule has 0 aliphatic carbocycles. The van der Waals surface area contributed by atoms with Gasteiger partial charge in [-0.15, -0.1) is 0 Å². The molecule has 3 aromatic rings. The summed E-state index contributed by atoms with van der Waals surface area (Å²) in [5.74, 6) is 1.43. The van der Waals surface area contributed by atoms with Crippen molar-refractivity contribution in [1.82, 2.24) is 14.8 Å². The van der Waals surface area contributed by atoms with E-state index in [0.717, 1.165) is 28.4 Å². The molecule has 3 heterocycles. The number of carbonyl (C=O) groups is 1. The molecule has 1 aliphatic rings. The standard InChI is InChI=1S/C19H18N4O2/c1-23-19-16(11-21-23)15(10-18(24)22-19)14-7-2-3-8-17(14)25-12-13-6-4-5-9-20-13/h2-9,11,15H,10,12H2,1H3,(H,22,24). The zero-order valence-corrected chi connectivity index (χ0v) is 13.8. The van der Waals surface area contributed by atoms with Crippen LogP contribution in [-0.4, -0.2) is 20.7 Å². The van der Waals surface area contributed by atoms with Crippen LogP contribution in [-0.2, 0) is 18.4 Å². The second kappa shape index (κ2) is 6.39. The Labute approximate surface area is 145 Å². The van der Waals surface area contributed by atoms with Crippen LogP contribution in [0.1, 0.15) is 29.2 Å². The van der Waals surface area contributed by atoms with Gasteiger partial charge in [-0.2, -0.15) is 5.10 Å². The lowest BCUT2D eigenvalue weighted by molar-refractivity contribution is -0.116. The predicted octanol–water partition coefficient (Wildman–Crippen LogP) is 2.87. The van der Waals surface area contributed by atoms with Crippen LogP contribution in [0, 0.1) is 0 Å². The Bertz CT molecular complexity index is 905. The maximum absolute atomic E-state index is 12.1. The predicted molar refractivity (Wildman–Crippen MR) is 93.3 cm³/mol. The zero-order chi connectivity index (χ0) is 17.2. The van der Waals surface area contributed by atoms with Gasteiger partial charge in [0, 0.05) is 36.7 Å². The third-order valence-electron chi connectivity index (χ3n) is 4.39. The third kappa shape index (κ3) is 2.98. The molecule has 1 atom stereocenters. The molecule has 1 aromatic carbocycles. The van der Waals surface area contributed by atoms with Crippen LogP contribution in [0.25, 0.3) is 0 Å². The summed E-state index contributed by atoms with van der Waals surface area (Å²) < 4.78 is 7.70. The van der Waals surface area contributed by atoms with Gasteiger partial charge in [0.1, 0.15) is 18.2 Å². The summed E-state index contributed by atoms with van der Waals surface area (Å²) in [6.45, 7) is 0.386. The first-order chi connectivity index (χ1) is 12.2. The molecular formula is C19H18N4O2. The third-order valence-corrected chi connectivity index (χ3v) is 4.39. The molecule has 4 rings (SSSR count). The molecule has 25 heavy (non-hydrogen) atoms. The number of para-hydroxylation sites is 1. The molecule has 0 fully saturated rings. The summed E-state index contributed by atoms with van der Waals surface area (Å²) in [6, 6.07) is 13.6. The monoisotopic (exact) mass is 334 g/mol. The Morgan fingerprint density at radius 2 is 2.04 bits per heavy atom. The van der Waals surface area contributed by atoms with Crippen LogP contribution in [0.15, 0.2) is 54.9 Å². The Morgan fingerprint density at radius 3 is 2.88 bits per heavy atom.